The number of thioether (sulfide) groups is 1. The van der Waals surface area contributed by atoms with Gasteiger partial charge < -0.3 is 5.11 Å². The van der Waals surface area contributed by atoms with Gasteiger partial charge in [-0.05, 0) is 12.1 Å². The maximum Gasteiger partial charge on any atom is 0.415 e. The van der Waals surface area contributed by atoms with Gasteiger partial charge in [-0.3, -0.25) is 0 Å². The molecule has 0 fully saturated rings. The molecule has 1 atom stereocenters. The smallest absolute Gasteiger partial charge is 0.383 e. The van der Waals surface area contributed by atoms with Crippen LogP contribution in [0.3, 0.4) is 0 Å². The van der Waals surface area contributed by atoms with Crippen molar-refractivity contribution in [2.24, 2.45) is 0 Å². The predicted octanol–water partition coefficient (Wildman–Crippen LogP) is 3.03. The summed E-state index contributed by atoms with van der Waals surface area (Å²) in [6.45, 7) is 0. The van der Waals surface area contributed by atoms with E-state index >= 15 is 0 Å². The van der Waals surface area contributed by atoms with Crippen molar-refractivity contribution < 1.29 is 18.3 Å². The Labute approximate surface area is 118 Å². The van der Waals surface area contributed by atoms with E-state index in [9.17, 15) is 13.2 Å². The second-order valence-corrected chi connectivity index (χ2v) is 5.23. The van der Waals surface area contributed by atoms with E-state index in [1.54, 1.807) is 17.1 Å². The van der Waals surface area contributed by atoms with Gasteiger partial charge in [0.1, 0.15) is 0 Å². The van der Waals surface area contributed by atoms with Crippen LogP contribution in [0.4, 0.5) is 13.2 Å². The Hall–Kier alpha value is -1.47. The molecular weight excluding hydrogens is 289 g/mol. The van der Waals surface area contributed by atoms with Gasteiger partial charge in [0.15, 0.2) is 6.10 Å². The minimum atomic E-state index is -4.55. The molecule has 108 valence electrons. The number of aromatic nitrogens is 2. The molecule has 1 N–H and O–H groups in total. The second-order valence-electron chi connectivity index (χ2n) is 4.20. The molecular formula is C13H13F3N2OS. The number of rotatable bonds is 5. The maximum atomic E-state index is 12.1. The summed E-state index contributed by atoms with van der Waals surface area (Å²) < 4.78 is 38.0. The molecule has 3 nitrogen and oxygen atoms in total. The SMILES string of the molecule is OC(CSCc1cnn(-c2ccccc2)c1)C(F)(F)F. The van der Waals surface area contributed by atoms with Crippen molar-refractivity contribution in [2.45, 2.75) is 18.0 Å². The highest BCUT2D eigenvalue weighted by Crippen LogP contribution is 2.24. The summed E-state index contributed by atoms with van der Waals surface area (Å²) in [4.78, 5) is 0. The van der Waals surface area contributed by atoms with Gasteiger partial charge in [0.2, 0.25) is 0 Å². The van der Waals surface area contributed by atoms with Crippen molar-refractivity contribution in [3.63, 3.8) is 0 Å². The fourth-order valence-electron chi connectivity index (χ4n) is 1.54. The van der Waals surface area contributed by atoms with Gasteiger partial charge in [0.05, 0.1) is 11.9 Å². The zero-order valence-electron chi connectivity index (χ0n) is 10.4. The Morgan fingerprint density at radius 1 is 1.25 bits per heavy atom. The van der Waals surface area contributed by atoms with Crippen molar-refractivity contribution in [3.8, 4) is 5.69 Å². The standard InChI is InChI=1S/C13H13F3N2OS/c14-13(15,16)12(19)9-20-8-10-6-17-18(7-10)11-4-2-1-3-5-11/h1-7,12,19H,8-9H2. The summed E-state index contributed by atoms with van der Waals surface area (Å²) in [5, 5.41) is 13.0. The lowest BCUT2D eigenvalue weighted by Gasteiger charge is -2.13. The highest BCUT2D eigenvalue weighted by molar-refractivity contribution is 7.98. The van der Waals surface area contributed by atoms with Gasteiger partial charge in [-0.15, -0.1) is 0 Å². The quantitative estimate of drug-likeness (QED) is 0.922. The molecule has 1 aromatic heterocycles. The number of benzene rings is 1. The number of para-hydroxylation sites is 1. The Morgan fingerprint density at radius 3 is 2.60 bits per heavy atom. The average molecular weight is 302 g/mol. The van der Waals surface area contributed by atoms with Gasteiger partial charge in [-0.2, -0.15) is 30.0 Å². The van der Waals surface area contributed by atoms with Crippen LogP contribution < -0.4 is 0 Å². The first kappa shape index (κ1) is 14.9. The summed E-state index contributed by atoms with van der Waals surface area (Å²) in [6, 6.07) is 9.42. The van der Waals surface area contributed by atoms with Crippen molar-refractivity contribution in [3.05, 3.63) is 48.3 Å². The van der Waals surface area contributed by atoms with Crippen molar-refractivity contribution >= 4 is 11.8 Å². The van der Waals surface area contributed by atoms with Crippen LogP contribution in [0.5, 0.6) is 0 Å². The number of halogens is 3. The molecule has 0 spiro atoms. The largest absolute Gasteiger partial charge is 0.415 e. The normalized spacial score (nSPS) is 13.4. The highest BCUT2D eigenvalue weighted by Gasteiger charge is 2.37. The molecule has 0 aliphatic heterocycles. The third-order valence-corrected chi connectivity index (χ3v) is 3.67. The lowest BCUT2D eigenvalue weighted by atomic mass is 10.3. The minimum Gasteiger partial charge on any atom is -0.383 e. The molecule has 0 bridgehead atoms. The van der Waals surface area contributed by atoms with E-state index in [-0.39, 0.29) is 5.75 Å². The number of hydrogen-bond donors (Lipinski definition) is 1. The third kappa shape index (κ3) is 4.01. The fourth-order valence-corrected chi connectivity index (χ4v) is 2.45. The number of alkyl halides is 3. The van der Waals surface area contributed by atoms with E-state index < -0.39 is 12.3 Å². The second kappa shape index (κ2) is 6.32. The number of nitrogens with zero attached hydrogens (tertiary/aromatic N) is 2. The molecule has 0 radical (unpaired) electrons. The van der Waals surface area contributed by atoms with E-state index in [0.29, 0.717) is 5.75 Å². The zero-order chi connectivity index (χ0) is 14.6. The summed E-state index contributed by atoms with van der Waals surface area (Å²) in [6.07, 6.45) is -3.46. The van der Waals surface area contributed by atoms with E-state index in [2.05, 4.69) is 5.10 Å². The molecule has 0 amide bonds. The highest BCUT2D eigenvalue weighted by atomic mass is 32.2. The van der Waals surface area contributed by atoms with Crippen molar-refractivity contribution in [2.75, 3.05) is 5.75 Å². The zero-order valence-corrected chi connectivity index (χ0v) is 11.2. The van der Waals surface area contributed by atoms with Gasteiger partial charge in [-0.25, -0.2) is 4.68 Å². The number of aliphatic hydroxyl groups excluding tert-OH is 1. The van der Waals surface area contributed by atoms with Crippen LogP contribution in [0, 0.1) is 0 Å². The van der Waals surface area contributed by atoms with Crippen LogP contribution in [0.1, 0.15) is 5.56 Å². The first-order valence-electron chi connectivity index (χ1n) is 5.88. The molecule has 0 aliphatic rings. The molecule has 0 aliphatic carbocycles. The van der Waals surface area contributed by atoms with Crippen LogP contribution in [-0.4, -0.2) is 32.9 Å². The van der Waals surface area contributed by atoms with Crippen LogP contribution in [0.2, 0.25) is 0 Å². The van der Waals surface area contributed by atoms with E-state index in [4.69, 9.17) is 5.11 Å². The van der Waals surface area contributed by atoms with Crippen LogP contribution in [0.25, 0.3) is 5.69 Å². The number of aliphatic hydroxyl groups is 1. The molecule has 7 heteroatoms. The van der Waals surface area contributed by atoms with E-state index in [1.165, 1.54) is 0 Å². The summed E-state index contributed by atoms with van der Waals surface area (Å²) in [5.41, 5.74) is 1.70. The van der Waals surface area contributed by atoms with Crippen LogP contribution >= 0.6 is 11.8 Å². The molecule has 20 heavy (non-hydrogen) atoms. The third-order valence-electron chi connectivity index (χ3n) is 2.58. The first-order valence-corrected chi connectivity index (χ1v) is 7.04. The summed E-state index contributed by atoms with van der Waals surface area (Å²) in [7, 11) is 0. The molecule has 2 aromatic rings. The van der Waals surface area contributed by atoms with Crippen molar-refractivity contribution in [1.82, 2.24) is 9.78 Å². The van der Waals surface area contributed by atoms with Crippen LogP contribution in [0.15, 0.2) is 42.7 Å². The molecule has 1 heterocycles. The van der Waals surface area contributed by atoms with E-state index in [1.807, 2.05) is 30.3 Å². The molecule has 0 saturated heterocycles. The fraction of sp³-hybridized carbons (Fsp3) is 0.308. The summed E-state index contributed by atoms with van der Waals surface area (Å²) >= 11 is 1.03. The lowest BCUT2D eigenvalue weighted by molar-refractivity contribution is -0.195. The lowest BCUT2D eigenvalue weighted by Crippen LogP contribution is -2.30. The summed E-state index contributed by atoms with van der Waals surface area (Å²) in [5.74, 6) is -0.00000937. The van der Waals surface area contributed by atoms with Gasteiger partial charge in [0.25, 0.3) is 0 Å². The maximum absolute atomic E-state index is 12.1. The van der Waals surface area contributed by atoms with Gasteiger partial charge in [-0.1, -0.05) is 18.2 Å². The van der Waals surface area contributed by atoms with Gasteiger partial charge in [0, 0.05) is 23.3 Å². The Balaban J connectivity index is 1.88. The molecule has 1 unspecified atom stereocenters. The van der Waals surface area contributed by atoms with E-state index in [0.717, 1.165) is 23.0 Å². The minimum absolute atomic E-state index is 0.375. The molecule has 1 aromatic carbocycles. The monoisotopic (exact) mass is 302 g/mol. The van der Waals surface area contributed by atoms with Crippen molar-refractivity contribution in [1.29, 1.82) is 0 Å². The molecule has 2 rings (SSSR count). The Morgan fingerprint density at radius 2 is 1.95 bits per heavy atom. The molecule has 0 saturated carbocycles. The topological polar surface area (TPSA) is 38.1 Å². The van der Waals surface area contributed by atoms with Crippen LogP contribution in [-0.2, 0) is 5.75 Å². The Kier molecular flexibility index (Phi) is 4.72. The number of hydrogen-bond acceptors (Lipinski definition) is 3. The average Bonchev–Trinajstić information content (AvgIpc) is 2.87. The Bertz CT molecular complexity index is 542. The van der Waals surface area contributed by atoms with Gasteiger partial charge >= 0.3 is 6.18 Å². The first-order chi connectivity index (χ1) is 9.47. The predicted molar refractivity (Wildman–Crippen MR) is 71.8 cm³/mol.